The van der Waals surface area contributed by atoms with Crippen molar-refractivity contribution in [2.45, 2.75) is 19.9 Å². The molecule has 202 valence electrons. The third-order valence-corrected chi connectivity index (χ3v) is 7.56. The molecule has 14 heteroatoms. The van der Waals surface area contributed by atoms with E-state index in [0.717, 1.165) is 4.90 Å². The van der Waals surface area contributed by atoms with E-state index in [9.17, 15) is 18.3 Å². The molecule has 0 saturated carbocycles. The van der Waals surface area contributed by atoms with E-state index >= 15 is 0 Å². The molecule has 13 nitrogen and oxygen atoms in total. The lowest BCUT2D eigenvalue weighted by Crippen LogP contribution is -2.24. The summed E-state index contributed by atoms with van der Waals surface area (Å²) >= 11 is 0. The monoisotopic (exact) mass is 550 g/mol. The molecule has 0 aliphatic heterocycles. The van der Waals surface area contributed by atoms with Gasteiger partial charge >= 0.3 is 6.09 Å². The zero-order chi connectivity index (χ0) is 27.7. The van der Waals surface area contributed by atoms with E-state index in [4.69, 9.17) is 9.84 Å². The number of amides is 1. The number of benzene rings is 1. The Morgan fingerprint density at radius 3 is 2.77 bits per heavy atom. The second kappa shape index (κ2) is 10.2. The molecule has 1 aromatic carbocycles. The lowest BCUT2D eigenvalue weighted by atomic mass is 10.1. The molecule has 0 atom stereocenters. The van der Waals surface area contributed by atoms with Gasteiger partial charge in [-0.3, -0.25) is 9.71 Å². The second-order valence-corrected chi connectivity index (χ2v) is 10.7. The van der Waals surface area contributed by atoms with Crippen molar-refractivity contribution in [3.8, 4) is 22.7 Å². The first-order chi connectivity index (χ1) is 18.7. The maximum atomic E-state index is 12.3. The first-order valence-corrected chi connectivity index (χ1v) is 13.7. The fraction of sp³-hybridized carbons (Fsp3) is 0.240. The van der Waals surface area contributed by atoms with E-state index in [2.05, 4.69) is 19.8 Å². The number of hydrogen-bond acceptors (Lipinski definition) is 8. The number of nitrogens with zero attached hydrogens (tertiary/aromatic N) is 7. The summed E-state index contributed by atoms with van der Waals surface area (Å²) in [5.41, 5.74) is 3.94. The molecule has 0 saturated heterocycles. The largest absolute Gasteiger partial charge is 0.494 e. The number of nitrogens with one attached hydrogen (secondary N) is 1. The van der Waals surface area contributed by atoms with Gasteiger partial charge in [-0.15, -0.1) is 0 Å². The predicted molar refractivity (Wildman–Crippen MR) is 145 cm³/mol. The Balaban J connectivity index is 1.66. The van der Waals surface area contributed by atoms with E-state index in [1.807, 2.05) is 6.07 Å². The lowest BCUT2D eigenvalue weighted by molar-refractivity contribution is 0.153. The van der Waals surface area contributed by atoms with Gasteiger partial charge in [0.1, 0.15) is 11.4 Å². The Morgan fingerprint density at radius 1 is 1.21 bits per heavy atom. The van der Waals surface area contributed by atoms with Gasteiger partial charge in [-0.1, -0.05) is 6.92 Å². The highest BCUT2D eigenvalue weighted by molar-refractivity contribution is 7.92. The van der Waals surface area contributed by atoms with Crippen LogP contribution >= 0.6 is 0 Å². The maximum Gasteiger partial charge on any atom is 0.407 e. The molecule has 4 heterocycles. The van der Waals surface area contributed by atoms with E-state index in [0.29, 0.717) is 57.0 Å². The number of ether oxygens (including phenoxy) is 1. The SMILES string of the molecule is CCCS(=O)(=O)Nc1ccc(-n2nc(CN(C)C(=O)O)c3cnc(-c4cnn5cccnc45)cc32)c(OC)c1. The molecule has 0 unspecified atom stereocenters. The van der Waals surface area contributed by atoms with Crippen molar-refractivity contribution in [3.05, 3.63) is 60.8 Å². The van der Waals surface area contributed by atoms with Crippen LogP contribution in [0.4, 0.5) is 10.5 Å². The highest BCUT2D eigenvalue weighted by Gasteiger charge is 2.21. The molecule has 4 aromatic heterocycles. The van der Waals surface area contributed by atoms with Crippen LogP contribution in [0.1, 0.15) is 19.0 Å². The van der Waals surface area contributed by atoms with Crippen LogP contribution in [0.2, 0.25) is 0 Å². The van der Waals surface area contributed by atoms with Crippen molar-refractivity contribution in [1.82, 2.24) is 34.3 Å². The molecule has 2 N–H and O–H groups in total. The molecule has 0 radical (unpaired) electrons. The Hall–Kier alpha value is -4.72. The summed E-state index contributed by atoms with van der Waals surface area (Å²) < 4.78 is 36.0. The van der Waals surface area contributed by atoms with Crippen molar-refractivity contribution in [2.75, 3.05) is 24.6 Å². The zero-order valence-corrected chi connectivity index (χ0v) is 22.3. The fourth-order valence-electron chi connectivity index (χ4n) is 4.23. The predicted octanol–water partition coefficient (Wildman–Crippen LogP) is 3.40. The summed E-state index contributed by atoms with van der Waals surface area (Å²) in [6.07, 6.45) is 6.16. The van der Waals surface area contributed by atoms with Crippen LogP contribution < -0.4 is 9.46 Å². The van der Waals surface area contributed by atoms with E-state index in [1.165, 1.54) is 14.2 Å². The first kappa shape index (κ1) is 25.9. The lowest BCUT2D eigenvalue weighted by Gasteiger charge is -2.13. The molecule has 0 aliphatic carbocycles. The van der Waals surface area contributed by atoms with Crippen LogP contribution in [0, 0.1) is 0 Å². The van der Waals surface area contributed by atoms with Crippen molar-refractivity contribution in [1.29, 1.82) is 0 Å². The molecule has 1 amide bonds. The van der Waals surface area contributed by atoms with Gasteiger partial charge in [-0.25, -0.2) is 27.4 Å². The van der Waals surface area contributed by atoms with Crippen molar-refractivity contribution in [3.63, 3.8) is 0 Å². The van der Waals surface area contributed by atoms with E-state index in [1.54, 1.807) is 65.2 Å². The molecule has 0 fully saturated rings. The summed E-state index contributed by atoms with van der Waals surface area (Å²) in [4.78, 5) is 21.7. The van der Waals surface area contributed by atoms with Crippen molar-refractivity contribution in [2.24, 2.45) is 0 Å². The minimum Gasteiger partial charge on any atom is -0.494 e. The van der Waals surface area contributed by atoms with Crippen LogP contribution in [0.3, 0.4) is 0 Å². The van der Waals surface area contributed by atoms with Crippen molar-refractivity contribution >= 4 is 38.4 Å². The number of aromatic nitrogens is 6. The van der Waals surface area contributed by atoms with Crippen molar-refractivity contribution < 1.29 is 23.1 Å². The standard InChI is InChI=1S/C25H26N8O5S/c1-4-10-39(36,37)30-16-6-7-21(23(11-16)38-3)33-22-12-19(18-14-28-32-9-5-8-26-24(18)32)27-13-17(22)20(29-33)15-31(2)25(34)35/h5-9,11-14,30H,4,10,15H2,1-3H3,(H,34,35). The van der Waals surface area contributed by atoms with Gasteiger partial charge in [-0.05, 0) is 30.7 Å². The van der Waals surface area contributed by atoms with Gasteiger partial charge in [0.2, 0.25) is 10.0 Å². The topological polar surface area (TPSA) is 157 Å². The number of sulfonamides is 1. The normalized spacial score (nSPS) is 11.7. The summed E-state index contributed by atoms with van der Waals surface area (Å²) in [5.74, 6) is 0.362. The third kappa shape index (κ3) is 5.05. The first-order valence-electron chi connectivity index (χ1n) is 12.0. The molecule has 5 rings (SSSR count). The molecular formula is C25H26N8O5S. The van der Waals surface area contributed by atoms with Gasteiger partial charge in [0, 0.05) is 37.1 Å². The molecule has 5 aromatic rings. The minimum atomic E-state index is -3.50. The third-order valence-electron chi connectivity index (χ3n) is 6.06. The summed E-state index contributed by atoms with van der Waals surface area (Å²) in [7, 11) is -0.566. The molecular weight excluding hydrogens is 524 g/mol. The number of hydrogen-bond donors (Lipinski definition) is 2. The Bertz CT molecular complexity index is 1800. The second-order valence-electron chi connectivity index (χ2n) is 8.84. The number of rotatable bonds is 9. The van der Waals surface area contributed by atoms with Crippen LogP contribution in [0.5, 0.6) is 5.75 Å². The van der Waals surface area contributed by atoms with Gasteiger partial charge in [0.25, 0.3) is 0 Å². The van der Waals surface area contributed by atoms with Crippen LogP contribution in [-0.2, 0) is 16.6 Å². The van der Waals surface area contributed by atoms with Gasteiger partial charge < -0.3 is 14.7 Å². The van der Waals surface area contributed by atoms with Crippen LogP contribution in [0.25, 0.3) is 33.5 Å². The summed E-state index contributed by atoms with van der Waals surface area (Å²) in [6.45, 7) is 1.81. The van der Waals surface area contributed by atoms with Crippen LogP contribution in [-0.4, -0.2) is 73.8 Å². The smallest absolute Gasteiger partial charge is 0.407 e. The molecule has 0 bridgehead atoms. The minimum absolute atomic E-state index is 0.00446. The highest BCUT2D eigenvalue weighted by Crippen LogP contribution is 2.33. The molecule has 0 spiro atoms. The molecule has 0 aliphatic rings. The average Bonchev–Trinajstić information content (AvgIpc) is 3.49. The number of anilines is 1. The fourth-order valence-corrected chi connectivity index (χ4v) is 5.36. The zero-order valence-electron chi connectivity index (χ0n) is 21.4. The van der Waals surface area contributed by atoms with Crippen LogP contribution in [0.15, 0.2) is 55.1 Å². The summed E-state index contributed by atoms with van der Waals surface area (Å²) in [5, 5.41) is 19.1. The number of carbonyl (C=O) groups is 1. The van der Waals surface area contributed by atoms with Gasteiger partial charge in [0.15, 0.2) is 5.65 Å². The number of fused-ring (bicyclic) bond motifs is 2. The Labute approximate surface area is 223 Å². The Kier molecular flexibility index (Phi) is 6.78. The quantitative estimate of drug-likeness (QED) is 0.281. The molecule has 39 heavy (non-hydrogen) atoms. The average molecular weight is 551 g/mol. The number of methoxy groups -OCH3 is 1. The summed E-state index contributed by atoms with van der Waals surface area (Å²) in [6, 6.07) is 8.50. The van der Waals surface area contributed by atoms with Gasteiger partial charge in [0.05, 0.1) is 53.8 Å². The van der Waals surface area contributed by atoms with Gasteiger partial charge in [-0.2, -0.15) is 10.2 Å². The number of pyridine rings is 1. The maximum absolute atomic E-state index is 12.3. The highest BCUT2D eigenvalue weighted by atomic mass is 32.2. The number of carboxylic acid groups (broad SMARTS) is 1. The Morgan fingerprint density at radius 2 is 2.03 bits per heavy atom. The van der Waals surface area contributed by atoms with E-state index < -0.39 is 16.1 Å². The van der Waals surface area contributed by atoms with E-state index in [-0.39, 0.29) is 12.3 Å².